The highest BCUT2D eigenvalue weighted by Gasteiger charge is 2.24. The third-order valence-electron chi connectivity index (χ3n) is 3.78. The number of hydrogen-bond donors (Lipinski definition) is 2. The molecule has 1 saturated heterocycles. The summed E-state index contributed by atoms with van der Waals surface area (Å²) in [5.74, 6) is 0.678. The number of hydrogen-bond acceptors (Lipinski definition) is 4. The molecule has 0 bridgehead atoms. The van der Waals surface area contributed by atoms with Crippen molar-refractivity contribution in [1.29, 1.82) is 0 Å². The van der Waals surface area contributed by atoms with Crippen molar-refractivity contribution in [2.45, 2.75) is 29.8 Å². The summed E-state index contributed by atoms with van der Waals surface area (Å²) in [6.45, 7) is 2.05. The summed E-state index contributed by atoms with van der Waals surface area (Å²) in [6.07, 6.45) is 1.23. The minimum absolute atomic E-state index is 0. The molecule has 4 nitrogen and oxygen atoms in total. The van der Waals surface area contributed by atoms with Crippen LogP contribution in [0.3, 0.4) is 0 Å². The monoisotopic (exact) mass is 346 g/mol. The standard InChI is InChI=1S/C15H19FN2O2S.ClH/c16-10-1-2-14-12(7-10)13(3-6-21-14)18-15(19)8-11-9-20-5-4-17-11;/h1-2,7,11,13,17H,3-6,8-9H2,(H,18,19);1H. The van der Waals surface area contributed by atoms with Gasteiger partial charge in [-0.15, -0.1) is 24.2 Å². The average molecular weight is 347 g/mol. The van der Waals surface area contributed by atoms with Gasteiger partial charge >= 0.3 is 0 Å². The number of thioether (sulfide) groups is 1. The van der Waals surface area contributed by atoms with Gasteiger partial charge < -0.3 is 15.4 Å². The fraction of sp³-hybridized carbons (Fsp3) is 0.533. The fourth-order valence-corrected chi connectivity index (χ4v) is 3.85. The lowest BCUT2D eigenvalue weighted by Gasteiger charge is -2.28. The van der Waals surface area contributed by atoms with Crippen LogP contribution in [0.25, 0.3) is 0 Å². The number of halogens is 2. The largest absolute Gasteiger partial charge is 0.378 e. The number of carbonyl (C=O) groups excluding carboxylic acids is 1. The molecule has 122 valence electrons. The SMILES string of the molecule is Cl.O=C(CC1COCCN1)NC1CCSc2ccc(F)cc21. The van der Waals surface area contributed by atoms with Gasteiger partial charge in [-0.25, -0.2) is 4.39 Å². The molecular formula is C15H20ClFN2O2S. The lowest BCUT2D eigenvalue weighted by Crippen LogP contribution is -2.44. The van der Waals surface area contributed by atoms with E-state index in [1.54, 1.807) is 17.8 Å². The van der Waals surface area contributed by atoms with Crippen molar-refractivity contribution in [3.63, 3.8) is 0 Å². The molecule has 22 heavy (non-hydrogen) atoms. The first-order valence-electron chi connectivity index (χ1n) is 7.25. The number of morpholine rings is 1. The highest BCUT2D eigenvalue weighted by atomic mass is 35.5. The van der Waals surface area contributed by atoms with Gasteiger partial charge in [-0.3, -0.25) is 4.79 Å². The predicted molar refractivity (Wildman–Crippen MR) is 87.1 cm³/mol. The first kappa shape index (κ1) is 17.5. The molecule has 0 aliphatic carbocycles. The molecule has 0 radical (unpaired) electrons. The van der Waals surface area contributed by atoms with Crippen LogP contribution in [0, 0.1) is 5.82 Å². The van der Waals surface area contributed by atoms with Crippen LogP contribution in [0.15, 0.2) is 23.1 Å². The van der Waals surface area contributed by atoms with E-state index in [0.717, 1.165) is 29.2 Å². The Morgan fingerprint density at radius 3 is 3.14 bits per heavy atom. The second-order valence-electron chi connectivity index (χ2n) is 5.37. The highest BCUT2D eigenvalue weighted by Crippen LogP contribution is 2.36. The molecule has 1 amide bonds. The van der Waals surface area contributed by atoms with Crippen LogP contribution in [0.4, 0.5) is 4.39 Å². The summed E-state index contributed by atoms with van der Waals surface area (Å²) >= 11 is 1.71. The average Bonchev–Trinajstić information content (AvgIpc) is 2.49. The molecule has 1 aromatic rings. The van der Waals surface area contributed by atoms with Crippen LogP contribution < -0.4 is 10.6 Å². The van der Waals surface area contributed by atoms with Crippen LogP contribution in [0.5, 0.6) is 0 Å². The molecule has 0 spiro atoms. The summed E-state index contributed by atoms with van der Waals surface area (Å²) in [4.78, 5) is 13.2. The number of carbonyl (C=O) groups is 1. The van der Waals surface area contributed by atoms with Gasteiger partial charge in [0.1, 0.15) is 5.82 Å². The second kappa shape index (κ2) is 8.15. The molecule has 2 N–H and O–H groups in total. The first-order valence-corrected chi connectivity index (χ1v) is 8.23. The number of nitrogens with one attached hydrogen (secondary N) is 2. The molecule has 0 saturated carbocycles. The van der Waals surface area contributed by atoms with E-state index in [0.29, 0.717) is 19.6 Å². The summed E-state index contributed by atoms with van der Waals surface area (Å²) in [5, 5.41) is 6.30. The maximum absolute atomic E-state index is 13.4. The Hall–Kier alpha value is -0.820. The molecule has 2 unspecified atom stereocenters. The van der Waals surface area contributed by atoms with Gasteiger partial charge in [0.15, 0.2) is 0 Å². The van der Waals surface area contributed by atoms with Crippen LogP contribution in [-0.2, 0) is 9.53 Å². The smallest absolute Gasteiger partial charge is 0.222 e. The molecule has 1 aromatic carbocycles. The van der Waals surface area contributed by atoms with E-state index < -0.39 is 0 Å². The fourth-order valence-electron chi connectivity index (χ4n) is 2.74. The highest BCUT2D eigenvalue weighted by molar-refractivity contribution is 7.99. The molecule has 7 heteroatoms. The lowest BCUT2D eigenvalue weighted by atomic mass is 10.0. The van der Waals surface area contributed by atoms with Crippen molar-refractivity contribution in [2.75, 3.05) is 25.5 Å². The zero-order valence-electron chi connectivity index (χ0n) is 12.1. The van der Waals surface area contributed by atoms with E-state index in [-0.39, 0.29) is 36.2 Å². The van der Waals surface area contributed by atoms with Gasteiger partial charge in [0.25, 0.3) is 0 Å². The van der Waals surface area contributed by atoms with Gasteiger partial charge in [0.05, 0.1) is 19.3 Å². The summed E-state index contributed by atoms with van der Waals surface area (Å²) in [5.41, 5.74) is 0.896. The van der Waals surface area contributed by atoms with Gasteiger partial charge in [0.2, 0.25) is 5.91 Å². The van der Waals surface area contributed by atoms with E-state index in [9.17, 15) is 9.18 Å². The Kier molecular flexibility index (Phi) is 6.50. The van der Waals surface area contributed by atoms with Crippen LogP contribution in [0.1, 0.15) is 24.4 Å². The Balaban J connectivity index is 0.00000176. The van der Waals surface area contributed by atoms with Crippen molar-refractivity contribution in [1.82, 2.24) is 10.6 Å². The van der Waals surface area contributed by atoms with Crippen molar-refractivity contribution in [3.8, 4) is 0 Å². The number of amides is 1. The number of rotatable bonds is 3. The van der Waals surface area contributed by atoms with Crippen molar-refractivity contribution in [2.24, 2.45) is 0 Å². The molecule has 1 fully saturated rings. The topological polar surface area (TPSA) is 50.4 Å². The number of fused-ring (bicyclic) bond motifs is 1. The Labute approximate surface area is 140 Å². The van der Waals surface area contributed by atoms with E-state index in [1.807, 2.05) is 0 Å². The minimum Gasteiger partial charge on any atom is -0.378 e. The van der Waals surface area contributed by atoms with Crippen LogP contribution >= 0.6 is 24.2 Å². The summed E-state index contributed by atoms with van der Waals surface area (Å²) in [6, 6.07) is 4.79. The molecular weight excluding hydrogens is 327 g/mol. The second-order valence-corrected chi connectivity index (χ2v) is 6.51. The van der Waals surface area contributed by atoms with Gasteiger partial charge in [0, 0.05) is 29.7 Å². The zero-order valence-corrected chi connectivity index (χ0v) is 13.8. The quantitative estimate of drug-likeness (QED) is 0.881. The first-order chi connectivity index (χ1) is 10.2. The molecule has 2 aliphatic rings. The van der Waals surface area contributed by atoms with Crippen molar-refractivity contribution in [3.05, 3.63) is 29.6 Å². The van der Waals surface area contributed by atoms with Crippen LogP contribution in [0.2, 0.25) is 0 Å². The van der Waals surface area contributed by atoms with Crippen molar-refractivity contribution >= 4 is 30.1 Å². The third-order valence-corrected chi connectivity index (χ3v) is 4.90. The normalized spacial score (nSPS) is 24.0. The maximum atomic E-state index is 13.4. The molecule has 0 aromatic heterocycles. The van der Waals surface area contributed by atoms with E-state index in [4.69, 9.17) is 4.74 Å². The lowest BCUT2D eigenvalue weighted by molar-refractivity contribution is -0.123. The zero-order chi connectivity index (χ0) is 14.7. The Morgan fingerprint density at radius 1 is 1.50 bits per heavy atom. The molecule has 2 aliphatic heterocycles. The molecule has 2 atom stereocenters. The van der Waals surface area contributed by atoms with E-state index in [2.05, 4.69) is 10.6 Å². The number of ether oxygens (including phenoxy) is 1. The molecule has 3 rings (SSSR count). The van der Waals surface area contributed by atoms with Crippen LogP contribution in [-0.4, -0.2) is 37.5 Å². The van der Waals surface area contributed by atoms with E-state index in [1.165, 1.54) is 12.1 Å². The Bertz CT molecular complexity index is 526. The van der Waals surface area contributed by atoms with Gasteiger partial charge in [-0.2, -0.15) is 0 Å². The molecule has 2 heterocycles. The number of benzene rings is 1. The maximum Gasteiger partial charge on any atom is 0.222 e. The summed E-state index contributed by atoms with van der Waals surface area (Å²) in [7, 11) is 0. The third kappa shape index (κ3) is 4.35. The van der Waals surface area contributed by atoms with Gasteiger partial charge in [-0.05, 0) is 30.2 Å². The predicted octanol–water partition coefficient (Wildman–Crippen LogP) is 2.28. The van der Waals surface area contributed by atoms with E-state index >= 15 is 0 Å². The van der Waals surface area contributed by atoms with Crippen molar-refractivity contribution < 1.29 is 13.9 Å². The minimum atomic E-state index is -0.252. The Morgan fingerprint density at radius 2 is 2.36 bits per heavy atom. The summed E-state index contributed by atoms with van der Waals surface area (Å²) < 4.78 is 18.8. The van der Waals surface area contributed by atoms with Gasteiger partial charge in [-0.1, -0.05) is 0 Å².